The maximum absolute atomic E-state index is 5.25. The van der Waals surface area contributed by atoms with Crippen molar-refractivity contribution in [3.8, 4) is 56.4 Å². The Balaban J connectivity index is 1.16. The Morgan fingerprint density at radius 2 is 1.00 bits per heavy atom. The minimum atomic E-state index is 0.666. The highest BCUT2D eigenvalue weighted by molar-refractivity contribution is 7.27. The lowest BCUT2D eigenvalue weighted by Crippen LogP contribution is -2.00. The van der Waals surface area contributed by atoms with E-state index in [1.54, 1.807) is 0 Å². The summed E-state index contributed by atoms with van der Waals surface area (Å²) in [6.45, 7) is 0. The second-order valence-corrected chi connectivity index (χ2v) is 13.8. The first-order valence-electron chi connectivity index (χ1n) is 16.5. The predicted molar refractivity (Wildman–Crippen MR) is 206 cm³/mol. The van der Waals surface area contributed by atoms with Crippen LogP contribution in [0, 0.1) is 0 Å². The molecule has 1 aliphatic rings. The lowest BCUT2D eigenvalue weighted by Gasteiger charge is -2.11. The van der Waals surface area contributed by atoms with Crippen molar-refractivity contribution in [3.63, 3.8) is 0 Å². The maximum atomic E-state index is 5.25. The number of nitrogens with zero attached hydrogens (tertiary/aromatic N) is 3. The van der Waals surface area contributed by atoms with Crippen LogP contribution in [0.15, 0.2) is 152 Å². The van der Waals surface area contributed by atoms with Crippen LogP contribution in [0.5, 0.6) is 0 Å². The summed E-state index contributed by atoms with van der Waals surface area (Å²) in [5.74, 6) is 2.01. The first-order valence-corrected chi connectivity index (χ1v) is 17.3. The third-order valence-electron chi connectivity index (χ3n) is 10.0. The minimum Gasteiger partial charge on any atom is -0.208 e. The van der Waals surface area contributed by atoms with Gasteiger partial charge in [0.25, 0.3) is 0 Å². The fraction of sp³-hybridized carbons (Fsp3) is 0. The molecule has 0 aliphatic heterocycles. The van der Waals surface area contributed by atoms with Crippen molar-refractivity contribution < 1.29 is 0 Å². The molecular weight excluding hydrogens is 615 g/mol. The number of hydrogen-bond donors (Lipinski definition) is 0. The van der Waals surface area contributed by atoms with Gasteiger partial charge in [-0.3, -0.25) is 0 Å². The Kier molecular flexibility index (Phi) is 5.54. The number of rotatable bonds is 3. The number of aromatic nitrogens is 3. The molecule has 0 fully saturated rings. The van der Waals surface area contributed by atoms with Crippen LogP contribution in [0.4, 0.5) is 0 Å². The first kappa shape index (κ1) is 26.8. The quantitative estimate of drug-likeness (QED) is 0.181. The summed E-state index contributed by atoms with van der Waals surface area (Å²) >= 11 is 1.85. The molecule has 3 nitrogen and oxygen atoms in total. The van der Waals surface area contributed by atoms with Crippen LogP contribution in [-0.4, -0.2) is 15.0 Å². The molecule has 11 rings (SSSR count). The number of fused-ring (bicyclic) bond motifs is 10. The third kappa shape index (κ3) is 3.92. The van der Waals surface area contributed by atoms with E-state index < -0.39 is 0 Å². The van der Waals surface area contributed by atoms with E-state index in [-0.39, 0.29) is 0 Å². The van der Waals surface area contributed by atoms with Gasteiger partial charge in [-0.25, -0.2) is 15.0 Å². The van der Waals surface area contributed by atoms with Crippen LogP contribution in [0.25, 0.3) is 109 Å². The van der Waals surface area contributed by atoms with Crippen molar-refractivity contribution in [3.05, 3.63) is 152 Å². The van der Waals surface area contributed by atoms with Crippen LogP contribution in [0.3, 0.4) is 0 Å². The van der Waals surface area contributed by atoms with Gasteiger partial charge in [0.05, 0.1) is 0 Å². The van der Waals surface area contributed by atoms with E-state index in [9.17, 15) is 0 Å². The van der Waals surface area contributed by atoms with E-state index in [4.69, 9.17) is 15.0 Å². The molecule has 0 bridgehead atoms. The van der Waals surface area contributed by atoms with Gasteiger partial charge in [-0.1, -0.05) is 140 Å². The molecule has 1 aliphatic carbocycles. The fourth-order valence-corrected chi connectivity index (χ4v) is 9.13. The topological polar surface area (TPSA) is 38.7 Å². The Morgan fingerprint density at radius 3 is 1.88 bits per heavy atom. The average molecular weight is 640 g/mol. The molecule has 0 spiro atoms. The Morgan fingerprint density at radius 1 is 0.347 bits per heavy atom. The Labute approximate surface area is 285 Å². The zero-order valence-corrected chi connectivity index (χ0v) is 27.0. The predicted octanol–water partition coefficient (Wildman–Crippen LogP) is 12.3. The monoisotopic (exact) mass is 639 g/mol. The highest BCUT2D eigenvalue weighted by Crippen LogP contribution is 2.48. The largest absolute Gasteiger partial charge is 0.208 e. The molecule has 0 radical (unpaired) electrons. The molecule has 0 saturated heterocycles. The number of benzene rings is 8. The summed E-state index contributed by atoms with van der Waals surface area (Å²) < 4.78 is 2.52. The second-order valence-electron chi connectivity index (χ2n) is 12.7. The average Bonchev–Trinajstić information content (AvgIpc) is 3.71. The molecule has 2 heterocycles. The van der Waals surface area contributed by atoms with Gasteiger partial charge >= 0.3 is 0 Å². The van der Waals surface area contributed by atoms with Gasteiger partial charge < -0.3 is 0 Å². The van der Waals surface area contributed by atoms with E-state index in [0.29, 0.717) is 17.5 Å². The Bertz CT molecular complexity index is 2990. The standard InChI is InChI=1S/C45H25N3S/c1-2-10-29(11-3-1)43-46-44(30-22-23-32-33-15-6-12-27-13-7-16-34(39(27)33)37(32)25-30)48-45(47-43)36-17-8-18-38-41(36)35-24-21-28-20-19-26-9-4-5-14-31(26)40(28)42(35)49-38/h1-25H. The van der Waals surface area contributed by atoms with Gasteiger partial charge in [0.2, 0.25) is 0 Å². The van der Waals surface area contributed by atoms with Crippen LogP contribution in [0.1, 0.15) is 0 Å². The SMILES string of the molecule is c1ccc(-c2nc(-c3ccc4c(c3)-c3cccc5cccc-4c35)nc(-c3cccc4sc5c(ccc6ccc7ccccc7c65)c34)n2)cc1. The summed E-state index contributed by atoms with van der Waals surface area (Å²) in [6.07, 6.45) is 0. The van der Waals surface area contributed by atoms with Gasteiger partial charge in [-0.15, -0.1) is 11.3 Å². The van der Waals surface area contributed by atoms with E-state index in [1.807, 2.05) is 29.5 Å². The van der Waals surface area contributed by atoms with Crippen molar-refractivity contribution in [1.82, 2.24) is 15.0 Å². The summed E-state index contributed by atoms with van der Waals surface area (Å²) in [6, 6.07) is 54.2. The van der Waals surface area contributed by atoms with Crippen molar-refractivity contribution in [2.24, 2.45) is 0 Å². The van der Waals surface area contributed by atoms with Gasteiger partial charge in [0.1, 0.15) is 0 Å². The molecule has 49 heavy (non-hydrogen) atoms. The van der Waals surface area contributed by atoms with E-state index in [1.165, 1.54) is 74.7 Å². The third-order valence-corrected chi connectivity index (χ3v) is 11.2. The molecule has 10 aromatic rings. The highest BCUT2D eigenvalue weighted by atomic mass is 32.1. The number of thiophene rings is 1. The molecule has 8 aromatic carbocycles. The summed E-state index contributed by atoms with van der Waals surface area (Å²) in [5.41, 5.74) is 7.97. The second kappa shape index (κ2) is 10.1. The molecule has 0 unspecified atom stereocenters. The van der Waals surface area contributed by atoms with Crippen LogP contribution in [0.2, 0.25) is 0 Å². The lowest BCUT2D eigenvalue weighted by molar-refractivity contribution is 1.08. The van der Waals surface area contributed by atoms with Crippen molar-refractivity contribution >= 4 is 63.8 Å². The van der Waals surface area contributed by atoms with E-state index >= 15 is 0 Å². The lowest BCUT2D eigenvalue weighted by atomic mass is 9.98. The molecule has 4 heteroatoms. The molecule has 226 valence electrons. The van der Waals surface area contributed by atoms with Gasteiger partial charge in [0, 0.05) is 42.2 Å². The van der Waals surface area contributed by atoms with Gasteiger partial charge in [-0.05, 0) is 61.3 Å². The van der Waals surface area contributed by atoms with Gasteiger partial charge in [0.15, 0.2) is 17.5 Å². The van der Waals surface area contributed by atoms with Crippen molar-refractivity contribution in [1.29, 1.82) is 0 Å². The first-order chi connectivity index (χ1) is 24.3. The molecule has 0 atom stereocenters. The summed E-state index contributed by atoms with van der Waals surface area (Å²) in [4.78, 5) is 15.5. The normalized spacial score (nSPS) is 12.1. The molecule has 0 saturated carbocycles. The zero-order valence-electron chi connectivity index (χ0n) is 26.2. The van der Waals surface area contributed by atoms with Crippen molar-refractivity contribution in [2.45, 2.75) is 0 Å². The molecule has 0 amide bonds. The maximum Gasteiger partial charge on any atom is 0.164 e. The van der Waals surface area contributed by atoms with Gasteiger partial charge in [-0.2, -0.15) is 0 Å². The van der Waals surface area contributed by atoms with Crippen LogP contribution in [-0.2, 0) is 0 Å². The number of hydrogen-bond acceptors (Lipinski definition) is 4. The van der Waals surface area contributed by atoms with E-state index in [0.717, 1.165) is 16.7 Å². The fourth-order valence-electron chi connectivity index (χ4n) is 7.83. The zero-order chi connectivity index (χ0) is 32.1. The molecular formula is C45H25N3S. The molecule has 2 aromatic heterocycles. The van der Waals surface area contributed by atoms with E-state index in [2.05, 4.69) is 133 Å². The smallest absolute Gasteiger partial charge is 0.164 e. The summed E-state index contributed by atoms with van der Waals surface area (Å²) in [5, 5.41) is 10.1. The minimum absolute atomic E-state index is 0.666. The Hall–Kier alpha value is -6.23. The highest BCUT2D eigenvalue weighted by Gasteiger charge is 2.23. The summed E-state index contributed by atoms with van der Waals surface area (Å²) in [7, 11) is 0. The van der Waals surface area contributed by atoms with Crippen LogP contribution >= 0.6 is 11.3 Å². The van der Waals surface area contributed by atoms with Crippen molar-refractivity contribution in [2.75, 3.05) is 0 Å². The van der Waals surface area contributed by atoms with Crippen LogP contribution < -0.4 is 0 Å². The molecule has 0 N–H and O–H groups in total.